The smallest absolute Gasteiger partial charge is 0.332 e. The van der Waals surface area contributed by atoms with Gasteiger partial charge in [-0.2, -0.15) is 5.10 Å². The molecule has 0 amide bonds. The van der Waals surface area contributed by atoms with E-state index in [0.717, 1.165) is 38.3 Å². The highest BCUT2D eigenvalue weighted by Gasteiger charge is 2.22. The molecule has 0 saturated carbocycles. The summed E-state index contributed by atoms with van der Waals surface area (Å²) in [5.74, 6) is 0.528. The minimum atomic E-state index is -0.421. The number of pyridine rings is 1. The van der Waals surface area contributed by atoms with Crippen molar-refractivity contribution in [2.75, 3.05) is 17.7 Å². The van der Waals surface area contributed by atoms with E-state index >= 15 is 0 Å². The third kappa shape index (κ3) is 5.12. The minimum absolute atomic E-state index is 0.272. The van der Waals surface area contributed by atoms with Gasteiger partial charge in [-0.25, -0.2) is 9.48 Å². The van der Waals surface area contributed by atoms with Gasteiger partial charge in [0.15, 0.2) is 5.65 Å². The number of para-hydroxylation sites is 1. The Morgan fingerprint density at radius 3 is 2.12 bits per heavy atom. The molecule has 9 heteroatoms. The normalized spacial score (nSPS) is 11.1. The van der Waals surface area contributed by atoms with Crippen molar-refractivity contribution in [2.24, 2.45) is 7.05 Å². The molecule has 6 rings (SSSR count). The fourth-order valence-corrected chi connectivity index (χ4v) is 4.85. The predicted molar refractivity (Wildman–Crippen MR) is 163 cm³/mol. The van der Waals surface area contributed by atoms with Crippen LogP contribution in [0.5, 0.6) is 0 Å². The third-order valence-corrected chi connectivity index (χ3v) is 7.09. The van der Waals surface area contributed by atoms with E-state index in [4.69, 9.17) is 5.10 Å². The molecule has 3 aromatic heterocycles. The van der Waals surface area contributed by atoms with Gasteiger partial charge < -0.3 is 10.6 Å². The van der Waals surface area contributed by atoms with E-state index in [2.05, 4.69) is 15.6 Å². The van der Waals surface area contributed by atoms with Crippen LogP contribution in [0.25, 0.3) is 22.3 Å². The molecule has 0 unspecified atom stereocenters. The van der Waals surface area contributed by atoms with E-state index in [1.165, 1.54) is 7.05 Å². The first-order chi connectivity index (χ1) is 20.0. The second kappa shape index (κ2) is 11.0. The summed E-state index contributed by atoms with van der Waals surface area (Å²) in [4.78, 5) is 31.4. The molecule has 3 aromatic carbocycles. The van der Waals surface area contributed by atoms with Gasteiger partial charge in [0.05, 0.1) is 18.8 Å². The van der Waals surface area contributed by atoms with Gasteiger partial charge in [0.2, 0.25) is 0 Å². The van der Waals surface area contributed by atoms with E-state index in [9.17, 15) is 9.59 Å². The molecule has 0 aliphatic rings. The topological polar surface area (TPSA) is 98.8 Å². The van der Waals surface area contributed by atoms with Crippen molar-refractivity contribution in [3.8, 4) is 11.3 Å². The number of nitrogens with one attached hydrogen (secondary N) is 2. The molecule has 204 valence electrons. The van der Waals surface area contributed by atoms with E-state index in [0.29, 0.717) is 23.4 Å². The Labute approximate surface area is 236 Å². The first-order valence-corrected chi connectivity index (χ1v) is 13.3. The van der Waals surface area contributed by atoms with Gasteiger partial charge in [-0.15, -0.1) is 0 Å². The number of nitrogens with zero attached hydrogens (tertiary/aromatic N) is 5. The number of benzene rings is 3. The van der Waals surface area contributed by atoms with Crippen LogP contribution >= 0.6 is 0 Å². The van der Waals surface area contributed by atoms with Crippen molar-refractivity contribution in [3.05, 3.63) is 135 Å². The molecule has 0 aliphatic carbocycles. The highest BCUT2D eigenvalue weighted by molar-refractivity contribution is 5.89. The number of hydrogen-bond acceptors (Lipinski definition) is 6. The summed E-state index contributed by atoms with van der Waals surface area (Å²) in [5.41, 5.74) is 5.10. The predicted octanol–water partition coefficient (Wildman–Crippen LogP) is 4.84. The van der Waals surface area contributed by atoms with Gasteiger partial charge in [0.25, 0.3) is 5.56 Å². The van der Waals surface area contributed by atoms with Gasteiger partial charge in [-0.05, 0) is 47.5 Å². The maximum atomic E-state index is 13.6. The Bertz CT molecular complexity index is 1920. The molecule has 0 aliphatic heterocycles. The van der Waals surface area contributed by atoms with E-state index in [-0.39, 0.29) is 6.54 Å². The summed E-state index contributed by atoms with van der Waals surface area (Å²) in [6, 6.07) is 31.4. The largest absolute Gasteiger partial charge is 0.388 e. The monoisotopic (exact) mass is 543 g/mol. The highest BCUT2D eigenvalue weighted by atomic mass is 16.2. The van der Waals surface area contributed by atoms with Crippen molar-refractivity contribution >= 4 is 28.2 Å². The number of hydrogen-bond donors (Lipinski definition) is 2. The molecule has 0 saturated heterocycles. The van der Waals surface area contributed by atoms with Crippen LogP contribution in [0.3, 0.4) is 0 Å². The van der Waals surface area contributed by atoms with E-state index < -0.39 is 11.2 Å². The highest BCUT2D eigenvalue weighted by Crippen LogP contribution is 2.26. The van der Waals surface area contributed by atoms with Gasteiger partial charge in [0, 0.05) is 37.2 Å². The molecule has 3 heterocycles. The maximum absolute atomic E-state index is 13.6. The summed E-state index contributed by atoms with van der Waals surface area (Å²) >= 11 is 0. The van der Waals surface area contributed by atoms with Crippen LogP contribution < -0.4 is 21.9 Å². The van der Waals surface area contributed by atoms with Crippen LogP contribution in [0.15, 0.2) is 113 Å². The lowest BCUT2D eigenvalue weighted by atomic mass is 10.1. The fraction of sp³-hybridized carbons (Fsp3) is 0.125. The van der Waals surface area contributed by atoms with Gasteiger partial charge >= 0.3 is 5.69 Å². The Morgan fingerprint density at radius 1 is 0.756 bits per heavy atom. The van der Waals surface area contributed by atoms with Crippen LogP contribution in [0.2, 0.25) is 0 Å². The van der Waals surface area contributed by atoms with Gasteiger partial charge in [-0.1, -0.05) is 60.7 Å². The second-order valence-corrected chi connectivity index (χ2v) is 9.79. The summed E-state index contributed by atoms with van der Waals surface area (Å²) < 4.78 is 4.46. The van der Waals surface area contributed by atoms with Crippen LogP contribution in [-0.4, -0.2) is 30.9 Å². The van der Waals surface area contributed by atoms with Crippen molar-refractivity contribution in [1.82, 2.24) is 23.9 Å². The second-order valence-electron chi connectivity index (χ2n) is 9.79. The molecule has 0 bridgehead atoms. The standard InChI is InChI=1S/C32H29N7O2/c1-33-25-17-13-22(14-18-25)20-38-30-28(31(40)37(2)32(38)41)29(35-26-8-4-3-5-9-26)39(36-30)21-23-11-15-24(16-12-23)27-10-6-7-19-34-27/h3-19,33,35H,20-21H2,1-2H3. The molecule has 41 heavy (non-hydrogen) atoms. The Hall–Kier alpha value is -5.44. The lowest BCUT2D eigenvalue weighted by Crippen LogP contribution is -2.38. The molecule has 0 radical (unpaired) electrons. The molecule has 0 atom stereocenters. The first-order valence-electron chi connectivity index (χ1n) is 13.3. The van der Waals surface area contributed by atoms with Crippen LogP contribution in [0.4, 0.5) is 17.2 Å². The fourth-order valence-electron chi connectivity index (χ4n) is 4.85. The third-order valence-electron chi connectivity index (χ3n) is 7.09. The number of aromatic nitrogens is 5. The average molecular weight is 544 g/mol. The van der Waals surface area contributed by atoms with Crippen molar-refractivity contribution in [2.45, 2.75) is 13.1 Å². The SMILES string of the molecule is CNc1ccc(Cn2c(=O)n(C)c(=O)c3c(Nc4ccccc4)n(Cc4ccc(-c5ccccn5)cc4)nc32)cc1. The zero-order valence-corrected chi connectivity index (χ0v) is 22.8. The first kappa shape index (κ1) is 25.8. The molecule has 2 N–H and O–H groups in total. The summed E-state index contributed by atoms with van der Waals surface area (Å²) in [6.45, 7) is 0.661. The minimum Gasteiger partial charge on any atom is -0.388 e. The average Bonchev–Trinajstić information content (AvgIpc) is 3.37. The Balaban J connectivity index is 1.47. The zero-order valence-electron chi connectivity index (χ0n) is 22.8. The van der Waals surface area contributed by atoms with Crippen molar-refractivity contribution in [1.29, 1.82) is 0 Å². The number of anilines is 3. The molecule has 0 spiro atoms. The maximum Gasteiger partial charge on any atom is 0.332 e. The summed E-state index contributed by atoms with van der Waals surface area (Å²) in [6.07, 6.45) is 1.77. The van der Waals surface area contributed by atoms with Crippen molar-refractivity contribution in [3.63, 3.8) is 0 Å². The number of rotatable bonds is 8. The Morgan fingerprint density at radius 2 is 1.44 bits per heavy atom. The van der Waals surface area contributed by atoms with Crippen molar-refractivity contribution < 1.29 is 0 Å². The van der Waals surface area contributed by atoms with E-state index in [1.54, 1.807) is 15.4 Å². The summed E-state index contributed by atoms with van der Waals surface area (Å²) in [7, 11) is 3.36. The number of fused-ring (bicyclic) bond motifs is 1. The Kier molecular flexibility index (Phi) is 6.91. The van der Waals surface area contributed by atoms with E-state index in [1.807, 2.05) is 104 Å². The molecular formula is C32H29N7O2. The quantitative estimate of drug-likeness (QED) is 0.285. The van der Waals surface area contributed by atoms with Gasteiger partial charge in [0.1, 0.15) is 11.2 Å². The van der Waals surface area contributed by atoms with Gasteiger partial charge in [-0.3, -0.25) is 18.9 Å². The molecule has 0 fully saturated rings. The molecule has 9 nitrogen and oxygen atoms in total. The summed E-state index contributed by atoms with van der Waals surface area (Å²) in [5, 5.41) is 11.7. The molecule has 6 aromatic rings. The lowest BCUT2D eigenvalue weighted by Gasteiger charge is -2.11. The van der Waals surface area contributed by atoms with Crippen LogP contribution in [0.1, 0.15) is 11.1 Å². The molecular weight excluding hydrogens is 514 g/mol. The van der Waals surface area contributed by atoms with Crippen LogP contribution in [0, 0.1) is 0 Å². The lowest BCUT2D eigenvalue weighted by molar-refractivity contribution is 0.652. The van der Waals surface area contributed by atoms with Crippen LogP contribution in [-0.2, 0) is 20.1 Å². The zero-order chi connectivity index (χ0) is 28.3.